The van der Waals surface area contributed by atoms with Crippen molar-refractivity contribution in [2.75, 3.05) is 6.54 Å². The van der Waals surface area contributed by atoms with Crippen molar-refractivity contribution in [3.8, 4) is 0 Å². The van der Waals surface area contributed by atoms with Gasteiger partial charge in [0.2, 0.25) is 0 Å². The minimum Gasteiger partial charge on any atom is -0.330 e. The van der Waals surface area contributed by atoms with E-state index in [1.54, 1.807) is 0 Å². The molecule has 0 spiro atoms. The molecule has 0 radical (unpaired) electrons. The molecule has 1 heterocycles. The van der Waals surface area contributed by atoms with E-state index in [1.807, 2.05) is 19.1 Å². The van der Waals surface area contributed by atoms with Gasteiger partial charge in [-0.15, -0.1) is 0 Å². The van der Waals surface area contributed by atoms with Gasteiger partial charge in [0, 0.05) is 22.5 Å². The summed E-state index contributed by atoms with van der Waals surface area (Å²) in [5.41, 5.74) is 9.87. The number of hydrogen-bond acceptors (Lipinski definition) is 2. The fourth-order valence-electron chi connectivity index (χ4n) is 1.89. The van der Waals surface area contributed by atoms with Crippen LogP contribution in [0.4, 0.5) is 0 Å². The van der Waals surface area contributed by atoms with Crippen molar-refractivity contribution in [2.24, 2.45) is 5.73 Å². The van der Waals surface area contributed by atoms with Gasteiger partial charge in [-0.05, 0) is 43.7 Å². The monoisotopic (exact) mass is 234 g/mol. The van der Waals surface area contributed by atoms with E-state index in [-0.39, 0.29) is 0 Å². The normalized spacial score (nSPS) is 11.0. The average molecular weight is 235 g/mol. The molecule has 2 N–H and O–H groups in total. The zero-order chi connectivity index (χ0) is 11.7. The molecule has 3 heteroatoms. The van der Waals surface area contributed by atoms with Gasteiger partial charge in [-0.25, -0.2) is 0 Å². The summed E-state index contributed by atoms with van der Waals surface area (Å²) >= 11 is 6.09. The van der Waals surface area contributed by atoms with E-state index in [0.29, 0.717) is 6.54 Å². The number of rotatable bonds is 2. The first-order chi connectivity index (χ1) is 7.63. The van der Waals surface area contributed by atoms with Crippen molar-refractivity contribution in [1.29, 1.82) is 0 Å². The quantitative estimate of drug-likeness (QED) is 0.868. The molecular formula is C13H15ClN2. The first-order valence-corrected chi connectivity index (χ1v) is 5.76. The molecule has 2 rings (SSSR count). The number of fused-ring (bicyclic) bond motifs is 1. The first-order valence-electron chi connectivity index (χ1n) is 5.39. The topological polar surface area (TPSA) is 38.9 Å². The number of aryl methyl sites for hydroxylation is 2. The molecule has 0 saturated heterocycles. The molecule has 1 aromatic carbocycles. The van der Waals surface area contributed by atoms with Gasteiger partial charge < -0.3 is 5.73 Å². The highest BCUT2D eigenvalue weighted by molar-refractivity contribution is 6.32. The Labute approximate surface area is 100 Å². The Morgan fingerprint density at radius 2 is 2.06 bits per heavy atom. The molecule has 2 aromatic rings. The van der Waals surface area contributed by atoms with Crippen molar-refractivity contribution in [2.45, 2.75) is 20.3 Å². The number of nitrogens with two attached hydrogens (primary N) is 1. The third-order valence-electron chi connectivity index (χ3n) is 2.85. The Morgan fingerprint density at radius 3 is 2.75 bits per heavy atom. The van der Waals surface area contributed by atoms with E-state index in [9.17, 15) is 0 Å². The number of hydrogen-bond donors (Lipinski definition) is 1. The zero-order valence-electron chi connectivity index (χ0n) is 9.55. The lowest BCUT2D eigenvalue weighted by molar-refractivity contribution is 0.918. The highest BCUT2D eigenvalue weighted by Crippen LogP contribution is 2.25. The van der Waals surface area contributed by atoms with Crippen LogP contribution in [0, 0.1) is 13.8 Å². The fourth-order valence-corrected chi connectivity index (χ4v) is 2.04. The van der Waals surface area contributed by atoms with Crippen LogP contribution in [0.1, 0.15) is 16.8 Å². The van der Waals surface area contributed by atoms with Gasteiger partial charge in [0.05, 0.1) is 5.52 Å². The average Bonchev–Trinajstić information content (AvgIpc) is 2.26. The zero-order valence-corrected chi connectivity index (χ0v) is 10.3. The van der Waals surface area contributed by atoms with Crippen LogP contribution in [-0.4, -0.2) is 11.5 Å². The third-order valence-corrected chi connectivity index (χ3v) is 3.26. The Morgan fingerprint density at radius 1 is 1.31 bits per heavy atom. The molecule has 0 bridgehead atoms. The van der Waals surface area contributed by atoms with Gasteiger partial charge in [0.1, 0.15) is 0 Å². The summed E-state index contributed by atoms with van der Waals surface area (Å²) < 4.78 is 0. The molecule has 0 aliphatic heterocycles. The lowest BCUT2D eigenvalue weighted by atomic mass is 10.1. The molecule has 0 amide bonds. The molecule has 0 aliphatic rings. The molecule has 1 aromatic heterocycles. The van der Waals surface area contributed by atoms with Crippen molar-refractivity contribution in [3.63, 3.8) is 0 Å². The molecule has 16 heavy (non-hydrogen) atoms. The van der Waals surface area contributed by atoms with Gasteiger partial charge in [0.15, 0.2) is 0 Å². The highest BCUT2D eigenvalue weighted by atomic mass is 35.5. The van der Waals surface area contributed by atoms with Crippen LogP contribution >= 0.6 is 11.6 Å². The summed E-state index contributed by atoms with van der Waals surface area (Å²) in [4.78, 5) is 4.66. The summed E-state index contributed by atoms with van der Waals surface area (Å²) in [5, 5.41) is 1.91. The van der Waals surface area contributed by atoms with Crippen LogP contribution in [0.2, 0.25) is 5.02 Å². The van der Waals surface area contributed by atoms with Crippen molar-refractivity contribution in [1.82, 2.24) is 4.98 Å². The van der Waals surface area contributed by atoms with Crippen LogP contribution in [0.15, 0.2) is 18.2 Å². The minimum absolute atomic E-state index is 0.624. The molecule has 0 fully saturated rings. The fraction of sp³-hybridized carbons (Fsp3) is 0.308. The highest BCUT2D eigenvalue weighted by Gasteiger charge is 2.07. The Bertz CT molecular complexity index is 535. The Kier molecular flexibility index (Phi) is 3.13. The SMILES string of the molecule is Cc1cc2ccc(Cl)c(C)c2nc1CCN. The Balaban J connectivity index is 2.70. The number of aromatic nitrogens is 1. The van der Waals surface area contributed by atoms with Crippen molar-refractivity contribution in [3.05, 3.63) is 40.0 Å². The van der Waals surface area contributed by atoms with Gasteiger partial charge in [-0.2, -0.15) is 0 Å². The Hall–Kier alpha value is -1.12. The van der Waals surface area contributed by atoms with Gasteiger partial charge >= 0.3 is 0 Å². The van der Waals surface area contributed by atoms with Crippen LogP contribution in [-0.2, 0) is 6.42 Å². The van der Waals surface area contributed by atoms with Crippen molar-refractivity contribution < 1.29 is 0 Å². The number of pyridine rings is 1. The molecule has 0 aliphatic carbocycles. The van der Waals surface area contributed by atoms with E-state index < -0.39 is 0 Å². The van der Waals surface area contributed by atoms with Crippen molar-refractivity contribution >= 4 is 22.5 Å². The van der Waals surface area contributed by atoms with E-state index in [1.165, 1.54) is 5.56 Å². The summed E-state index contributed by atoms with van der Waals surface area (Å²) in [6.07, 6.45) is 0.813. The van der Waals surface area contributed by atoms with E-state index in [2.05, 4.69) is 18.0 Å². The molecular weight excluding hydrogens is 220 g/mol. The number of nitrogens with zero attached hydrogens (tertiary/aromatic N) is 1. The smallest absolute Gasteiger partial charge is 0.0749 e. The maximum absolute atomic E-state index is 6.09. The molecule has 0 unspecified atom stereocenters. The predicted molar refractivity (Wildman–Crippen MR) is 69.0 cm³/mol. The van der Waals surface area contributed by atoms with Gasteiger partial charge in [0.25, 0.3) is 0 Å². The van der Waals surface area contributed by atoms with Gasteiger partial charge in [-0.3, -0.25) is 4.98 Å². The molecule has 2 nitrogen and oxygen atoms in total. The van der Waals surface area contributed by atoms with E-state index in [4.69, 9.17) is 17.3 Å². The second-order valence-corrected chi connectivity index (χ2v) is 4.44. The lowest BCUT2D eigenvalue weighted by Crippen LogP contribution is -2.06. The summed E-state index contributed by atoms with van der Waals surface area (Å²) in [6, 6.07) is 6.08. The third kappa shape index (κ3) is 1.91. The first kappa shape index (κ1) is 11.4. The van der Waals surface area contributed by atoms with Crippen LogP contribution in [0.25, 0.3) is 10.9 Å². The number of halogens is 1. The molecule has 0 atom stereocenters. The minimum atomic E-state index is 0.624. The maximum Gasteiger partial charge on any atom is 0.0749 e. The van der Waals surface area contributed by atoms with E-state index in [0.717, 1.165) is 33.6 Å². The van der Waals surface area contributed by atoms with E-state index >= 15 is 0 Å². The summed E-state index contributed by atoms with van der Waals surface area (Å²) in [7, 11) is 0. The lowest BCUT2D eigenvalue weighted by Gasteiger charge is -2.09. The second kappa shape index (κ2) is 4.40. The molecule has 84 valence electrons. The maximum atomic E-state index is 6.09. The van der Waals surface area contributed by atoms with Crippen LogP contribution in [0.3, 0.4) is 0 Å². The van der Waals surface area contributed by atoms with Crippen LogP contribution in [0.5, 0.6) is 0 Å². The largest absolute Gasteiger partial charge is 0.330 e. The standard InChI is InChI=1S/C13H15ClN2/c1-8-7-10-3-4-11(14)9(2)13(10)16-12(8)5-6-15/h3-4,7H,5-6,15H2,1-2H3. The van der Waals surface area contributed by atoms with Gasteiger partial charge in [-0.1, -0.05) is 17.7 Å². The molecule has 0 saturated carbocycles. The predicted octanol–water partition coefficient (Wildman–Crippen LogP) is 3.01. The second-order valence-electron chi connectivity index (χ2n) is 4.03. The van der Waals surface area contributed by atoms with Crippen LogP contribution < -0.4 is 5.73 Å². The summed E-state index contributed by atoms with van der Waals surface area (Å²) in [5.74, 6) is 0. The number of benzene rings is 1. The summed E-state index contributed by atoms with van der Waals surface area (Å²) in [6.45, 7) is 4.69.